The third kappa shape index (κ3) is 2.48. The lowest BCUT2D eigenvalue weighted by atomic mass is 9.86. The highest BCUT2D eigenvalue weighted by molar-refractivity contribution is 5.29. The molecule has 1 heterocycles. The average molecular weight is 241 g/mol. The standard InChI is InChI=1S/C13H17F2NO/c1-8-2-3-10(14)11(12(8)15)13(16)9-4-6-17-7-5-9/h2-3,9,13H,4-7,16H2,1H3/t13-/m1/s1. The maximum atomic E-state index is 13.9. The number of hydrogen-bond donors (Lipinski definition) is 1. The van der Waals surface area contributed by atoms with Crippen molar-refractivity contribution in [3.8, 4) is 0 Å². The van der Waals surface area contributed by atoms with E-state index in [1.807, 2.05) is 0 Å². The normalized spacial score (nSPS) is 19.3. The van der Waals surface area contributed by atoms with Gasteiger partial charge in [0.1, 0.15) is 11.6 Å². The molecule has 2 N–H and O–H groups in total. The van der Waals surface area contributed by atoms with Gasteiger partial charge in [-0.3, -0.25) is 0 Å². The number of aryl methyl sites for hydroxylation is 1. The second-order valence-corrected chi connectivity index (χ2v) is 4.57. The summed E-state index contributed by atoms with van der Waals surface area (Å²) in [7, 11) is 0. The molecule has 0 aliphatic carbocycles. The van der Waals surface area contributed by atoms with E-state index in [2.05, 4.69) is 0 Å². The van der Waals surface area contributed by atoms with Crippen molar-refractivity contribution in [1.82, 2.24) is 0 Å². The first-order valence-electron chi connectivity index (χ1n) is 5.89. The highest BCUT2D eigenvalue weighted by Gasteiger charge is 2.27. The number of halogens is 2. The molecule has 0 amide bonds. The molecular weight excluding hydrogens is 224 g/mol. The van der Waals surface area contributed by atoms with Crippen molar-refractivity contribution in [3.05, 3.63) is 34.9 Å². The van der Waals surface area contributed by atoms with Gasteiger partial charge in [0, 0.05) is 24.8 Å². The fourth-order valence-corrected chi connectivity index (χ4v) is 2.29. The lowest BCUT2D eigenvalue weighted by molar-refractivity contribution is 0.0575. The van der Waals surface area contributed by atoms with Gasteiger partial charge in [-0.25, -0.2) is 8.78 Å². The Balaban J connectivity index is 2.29. The molecule has 1 atom stereocenters. The molecule has 1 aliphatic heterocycles. The predicted molar refractivity (Wildman–Crippen MR) is 61.6 cm³/mol. The number of hydrogen-bond acceptors (Lipinski definition) is 2. The first-order chi connectivity index (χ1) is 8.11. The minimum atomic E-state index is -0.584. The summed E-state index contributed by atoms with van der Waals surface area (Å²) in [5.74, 6) is -0.967. The molecule has 0 spiro atoms. The quantitative estimate of drug-likeness (QED) is 0.864. The van der Waals surface area contributed by atoms with Crippen LogP contribution in [0, 0.1) is 24.5 Å². The van der Waals surface area contributed by atoms with E-state index < -0.39 is 17.7 Å². The fourth-order valence-electron chi connectivity index (χ4n) is 2.29. The van der Waals surface area contributed by atoms with Crippen LogP contribution in [0.2, 0.25) is 0 Å². The maximum Gasteiger partial charge on any atom is 0.133 e. The lowest BCUT2D eigenvalue weighted by Crippen LogP contribution is -2.29. The van der Waals surface area contributed by atoms with Crippen LogP contribution in [0.15, 0.2) is 12.1 Å². The van der Waals surface area contributed by atoms with Crippen molar-refractivity contribution < 1.29 is 13.5 Å². The second kappa shape index (κ2) is 5.10. The minimum Gasteiger partial charge on any atom is -0.381 e. The van der Waals surface area contributed by atoms with Gasteiger partial charge in [-0.05, 0) is 37.3 Å². The first-order valence-corrected chi connectivity index (χ1v) is 5.89. The molecule has 2 nitrogen and oxygen atoms in total. The summed E-state index contributed by atoms with van der Waals surface area (Å²) in [4.78, 5) is 0. The van der Waals surface area contributed by atoms with Crippen LogP contribution in [-0.4, -0.2) is 13.2 Å². The van der Waals surface area contributed by atoms with Crippen molar-refractivity contribution in [2.75, 3.05) is 13.2 Å². The Morgan fingerprint density at radius 3 is 2.59 bits per heavy atom. The Bertz CT molecular complexity index is 403. The number of ether oxygens (including phenoxy) is 1. The molecule has 1 saturated heterocycles. The van der Waals surface area contributed by atoms with Gasteiger partial charge < -0.3 is 10.5 Å². The summed E-state index contributed by atoms with van der Waals surface area (Å²) in [5, 5.41) is 0. The van der Waals surface area contributed by atoms with E-state index in [4.69, 9.17) is 10.5 Å². The van der Waals surface area contributed by atoms with Crippen LogP contribution >= 0.6 is 0 Å². The largest absolute Gasteiger partial charge is 0.381 e. The number of benzene rings is 1. The van der Waals surface area contributed by atoms with Gasteiger partial charge in [0.05, 0.1) is 0 Å². The van der Waals surface area contributed by atoms with Crippen molar-refractivity contribution in [3.63, 3.8) is 0 Å². The predicted octanol–water partition coefficient (Wildman–Crippen LogP) is 2.70. The maximum absolute atomic E-state index is 13.9. The second-order valence-electron chi connectivity index (χ2n) is 4.57. The van der Waals surface area contributed by atoms with Gasteiger partial charge in [-0.1, -0.05) is 6.07 Å². The first kappa shape index (κ1) is 12.5. The summed E-state index contributed by atoms with van der Waals surface area (Å²) >= 11 is 0. The zero-order valence-corrected chi connectivity index (χ0v) is 9.88. The van der Waals surface area contributed by atoms with Crippen molar-refractivity contribution in [1.29, 1.82) is 0 Å². The molecule has 0 saturated carbocycles. The lowest BCUT2D eigenvalue weighted by Gasteiger charge is -2.28. The third-order valence-electron chi connectivity index (χ3n) is 3.43. The Morgan fingerprint density at radius 2 is 1.94 bits per heavy atom. The van der Waals surface area contributed by atoms with Gasteiger partial charge in [-0.2, -0.15) is 0 Å². The summed E-state index contributed by atoms with van der Waals surface area (Å²) in [5.41, 5.74) is 6.46. The summed E-state index contributed by atoms with van der Waals surface area (Å²) in [6.07, 6.45) is 1.52. The van der Waals surface area contributed by atoms with Crippen molar-refractivity contribution >= 4 is 0 Å². The van der Waals surface area contributed by atoms with Crippen LogP contribution in [0.5, 0.6) is 0 Å². The Labute approximate surface area is 99.8 Å². The zero-order chi connectivity index (χ0) is 12.4. The highest BCUT2D eigenvalue weighted by atomic mass is 19.1. The molecule has 94 valence electrons. The molecule has 0 bridgehead atoms. The topological polar surface area (TPSA) is 35.2 Å². The number of rotatable bonds is 2. The van der Waals surface area contributed by atoms with Gasteiger partial charge in [-0.15, -0.1) is 0 Å². The van der Waals surface area contributed by atoms with E-state index in [1.165, 1.54) is 12.1 Å². The van der Waals surface area contributed by atoms with E-state index in [-0.39, 0.29) is 11.5 Å². The van der Waals surface area contributed by atoms with Crippen molar-refractivity contribution in [2.45, 2.75) is 25.8 Å². The van der Waals surface area contributed by atoms with Gasteiger partial charge in [0.15, 0.2) is 0 Å². The molecular formula is C13H17F2NO. The van der Waals surface area contributed by atoms with E-state index in [9.17, 15) is 8.78 Å². The Morgan fingerprint density at radius 1 is 1.29 bits per heavy atom. The molecule has 0 radical (unpaired) electrons. The van der Waals surface area contributed by atoms with Gasteiger partial charge in [0.2, 0.25) is 0 Å². The highest BCUT2D eigenvalue weighted by Crippen LogP contribution is 2.31. The molecule has 1 fully saturated rings. The molecule has 2 rings (SSSR count). The van der Waals surface area contributed by atoms with Crippen LogP contribution in [-0.2, 0) is 4.74 Å². The van der Waals surface area contributed by atoms with Crippen LogP contribution in [0.25, 0.3) is 0 Å². The Kier molecular flexibility index (Phi) is 3.74. The monoisotopic (exact) mass is 241 g/mol. The Hall–Kier alpha value is -1.00. The number of nitrogens with two attached hydrogens (primary N) is 1. The SMILES string of the molecule is Cc1ccc(F)c([C@H](N)C2CCOCC2)c1F. The van der Waals surface area contributed by atoms with Crippen LogP contribution in [0.3, 0.4) is 0 Å². The van der Waals surface area contributed by atoms with E-state index in [1.54, 1.807) is 6.92 Å². The van der Waals surface area contributed by atoms with E-state index in [0.29, 0.717) is 18.8 Å². The molecule has 17 heavy (non-hydrogen) atoms. The summed E-state index contributed by atoms with van der Waals surface area (Å²) in [6.45, 7) is 2.86. The molecule has 1 aliphatic rings. The molecule has 1 aromatic rings. The van der Waals surface area contributed by atoms with Gasteiger partial charge in [0.25, 0.3) is 0 Å². The molecule has 4 heteroatoms. The zero-order valence-electron chi connectivity index (χ0n) is 9.88. The van der Waals surface area contributed by atoms with Crippen LogP contribution < -0.4 is 5.73 Å². The summed E-state index contributed by atoms with van der Waals surface area (Å²) < 4.78 is 32.8. The smallest absolute Gasteiger partial charge is 0.133 e. The van der Waals surface area contributed by atoms with Crippen LogP contribution in [0.4, 0.5) is 8.78 Å². The molecule has 0 aromatic heterocycles. The van der Waals surface area contributed by atoms with E-state index >= 15 is 0 Å². The van der Waals surface area contributed by atoms with Crippen molar-refractivity contribution in [2.24, 2.45) is 11.7 Å². The molecule has 1 aromatic carbocycles. The van der Waals surface area contributed by atoms with E-state index in [0.717, 1.165) is 12.8 Å². The van der Waals surface area contributed by atoms with Crippen LogP contribution in [0.1, 0.15) is 30.0 Å². The average Bonchev–Trinajstić information content (AvgIpc) is 2.35. The minimum absolute atomic E-state index is 0.0249. The fraction of sp³-hybridized carbons (Fsp3) is 0.538. The third-order valence-corrected chi connectivity index (χ3v) is 3.43. The summed E-state index contributed by atoms with van der Waals surface area (Å²) in [6, 6.07) is 2.14. The van der Waals surface area contributed by atoms with Gasteiger partial charge >= 0.3 is 0 Å². The molecule has 0 unspecified atom stereocenters.